The summed E-state index contributed by atoms with van der Waals surface area (Å²) < 4.78 is 7.56. The molecular formula is C52H32N2S. The van der Waals surface area contributed by atoms with Gasteiger partial charge in [-0.2, -0.15) is 0 Å². The maximum atomic E-state index is 2.47. The Kier molecular flexibility index (Phi) is 6.54. The van der Waals surface area contributed by atoms with Crippen LogP contribution >= 0.6 is 11.3 Å². The lowest BCUT2D eigenvalue weighted by Crippen LogP contribution is -1.94. The fourth-order valence-corrected chi connectivity index (χ4v) is 10.2. The molecule has 2 nitrogen and oxygen atoms in total. The average Bonchev–Trinajstić information content (AvgIpc) is 3.91. The zero-order chi connectivity index (χ0) is 36.0. The van der Waals surface area contributed by atoms with Crippen LogP contribution < -0.4 is 0 Å². The van der Waals surface area contributed by atoms with Gasteiger partial charge in [-0.1, -0.05) is 140 Å². The quantitative estimate of drug-likeness (QED) is 0.172. The van der Waals surface area contributed by atoms with Gasteiger partial charge in [-0.05, 0) is 82.2 Å². The van der Waals surface area contributed by atoms with E-state index in [0.29, 0.717) is 0 Å². The average molecular weight is 717 g/mol. The smallest absolute Gasteiger partial charge is 0.0640 e. The standard InChI is InChI=1S/C52H32N2S/c1-2-11-33(12-3-1)34-21-26-38(27-22-34)53-47-29-24-37(32-45(47)42-28-23-35-13-4-5-14-39(35)51(42)53)36-25-30-48-44(31-36)40-15-6-8-18-46(40)54(48)49-19-10-17-43-41-16-7-9-20-50(41)55-52(43)49/h1-32H. The summed E-state index contributed by atoms with van der Waals surface area (Å²) in [6, 6.07) is 71.4. The number of hydrogen-bond donors (Lipinski definition) is 0. The Hall–Kier alpha value is -6.94. The molecule has 9 aromatic carbocycles. The molecule has 55 heavy (non-hydrogen) atoms. The first-order chi connectivity index (χ1) is 27.3. The van der Waals surface area contributed by atoms with Crippen LogP contribution in [-0.2, 0) is 0 Å². The van der Waals surface area contributed by atoms with E-state index < -0.39 is 0 Å². The third kappa shape index (κ3) is 4.54. The second-order valence-electron chi connectivity index (χ2n) is 14.5. The molecule has 0 fully saturated rings. The van der Waals surface area contributed by atoms with Gasteiger partial charge in [-0.15, -0.1) is 11.3 Å². The van der Waals surface area contributed by atoms with E-state index in [0.717, 1.165) is 5.69 Å². The molecule has 0 aliphatic carbocycles. The van der Waals surface area contributed by atoms with Gasteiger partial charge in [0.2, 0.25) is 0 Å². The van der Waals surface area contributed by atoms with Crippen LogP contribution in [0.5, 0.6) is 0 Å². The van der Waals surface area contributed by atoms with Crippen molar-refractivity contribution in [2.45, 2.75) is 0 Å². The molecule has 12 rings (SSSR count). The summed E-state index contributed by atoms with van der Waals surface area (Å²) in [6.45, 7) is 0. The number of nitrogens with zero attached hydrogens (tertiary/aromatic N) is 2. The molecule has 0 radical (unpaired) electrons. The zero-order valence-electron chi connectivity index (χ0n) is 29.8. The van der Waals surface area contributed by atoms with E-state index in [9.17, 15) is 0 Å². The topological polar surface area (TPSA) is 9.86 Å². The minimum Gasteiger partial charge on any atom is -0.309 e. The van der Waals surface area contributed by atoms with Gasteiger partial charge < -0.3 is 9.13 Å². The molecule has 3 aromatic heterocycles. The molecule has 0 atom stereocenters. The van der Waals surface area contributed by atoms with Crippen molar-refractivity contribution < 1.29 is 0 Å². The summed E-state index contributed by atoms with van der Waals surface area (Å²) in [5, 5.41) is 10.2. The number of fused-ring (bicyclic) bond motifs is 11. The normalized spacial score (nSPS) is 12.0. The van der Waals surface area contributed by atoms with Crippen LogP contribution in [0.4, 0.5) is 0 Å². The molecular weight excluding hydrogens is 685 g/mol. The van der Waals surface area contributed by atoms with Crippen molar-refractivity contribution in [1.82, 2.24) is 9.13 Å². The number of benzene rings is 9. The van der Waals surface area contributed by atoms with Gasteiger partial charge in [0.15, 0.2) is 0 Å². The minimum atomic E-state index is 1.16. The molecule has 256 valence electrons. The maximum Gasteiger partial charge on any atom is 0.0640 e. The zero-order valence-corrected chi connectivity index (χ0v) is 30.6. The molecule has 0 unspecified atom stereocenters. The van der Waals surface area contributed by atoms with Crippen molar-refractivity contribution in [3.05, 3.63) is 194 Å². The number of aromatic nitrogens is 2. The third-order valence-electron chi connectivity index (χ3n) is 11.5. The summed E-state index contributed by atoms with van der Waals surface area (Å²) in [4.78, 5) is 0. The fourth-order valence-electron chi connectivity index (χ4n) is 8.98. The summed E-state index contributed by atoms with van der Waals surface area (Å²) in [7, 11) is 0. The van der Waals surface area contributed by atoms with Gasteiger partial charge in [0, 0.05) is 48.1 Å². The van der Waals surface area contributed by atoms with Gasteiger partial charge in [-0.25, -0.2) is 0 Å². The van der Waals surface area contributed by atoms with E-state index in [-0.39, 0.29) is 0 Å². The monoisotopic (exact) mass is 716 g/mol. The van der Waals surface area contributed by atoms with Gasteiger partial charge in [0.1, 0.15) is 0 Å². The van der Waals surface area contributed by atoms with E-state index in [1.807, 2.05) is 11.3 Å². The molecule has 0 aliphatic rings. The van der Waals surface area contributed by atoms with Crippen molar-refractivity contribution in [2.24, 2.45) is 0 Å². The molecule has 0 saturated carbocycles. The highest BCUT2D eigenvalue weighted by Gasteiger charge is 2.19. The molecule has 0 saturated heterocycles. The van der Waals surface area contributed by atoms with Crippen molar-refractivity contribution in [3.63, 3.8) is 0 Å². The number of para-hydroxylation sites is 1. The summed E-state index contributed by atoms with van der Waals surface area (Å²) >= 11 is 1.88. The van der Waals surface area contributed by atoms with Crippen molar-refractivity contribution >= 4 is 85.9 Å². The predicted octanol–water partition coefficient (Wildman–Crippen LogP) is 14.7. The second-order valence-corrected chi connectivity index (χ2v) is 15.6. The van der Waals surface area contributed by atoms with E-state index in [1.165, 1.54) is 102 Å². The molecule has 0 amide bonds. The summed E-state index contributed by atoms with van der Waals surface area (Å²) in [6.07, 6.45) is 0. The Balaban J connectivity index is 1.05. The third-order valence-corrected chi connectivity index (χ3v) is 12.7. The lowest BCUT2D eigenvalue weighted by molar-refractivity contribution is 1.19. The van der Waals surface area contributed by atoms with Gasteiger partial charge in [0.25, 0.3) is 0 Å². The van der Waals surface area contributed by atoms with Crippen molar-refractivity contribution in [3.8, 4) is 33.6 Å². The van der Waals surface area contributed by atoms with Gasteiger partial charge in [0.05, 0.1) is 32.5 Å². The van der Waals surface area contributed by atoms with E-state index in [2.05, 4.69) is 203 Å². The molecule has 0 aliphatic heterocycles. The van der Waals surface area contributed by atoms with Gasteiger partial charge >= 0.3 is 0 Å². The van der Waals surface area contributed by atoms with Crippen LogP contribution in [0, 0.1) is 0 Å². The second kappa shape index (κ2) is 11.8. The lowest BCUT2D eigenvalue weighted by Gasteiger charge is -2.11. The first kappa shape index (κ1) is 30.5. The summed E-state index contributed by atoms with van der Waals surface area (Å²) in [5.74, 6) is 0. The highest BCUT2D eigenvalue weighted by atomic mass is 32.1. The Morgan fingerprint density at radius 3 is 1.75 bits per heavy atom. The Morgan fingerprint density at radius 1 is 0.327 bits per heavy atom. The first-order valence-corrected chi connectivity index (χ1v) is 19.7. The van der Waals surface area contributed by atoms with E-state index in [4.69, 9.17) is 0 Å². The summed E-state index contributed by atoms with van der Waals surface area (Å²) in [5.41, 5.74) is 12.2. The SMILES string of the molecule is c1ccc(-c2ccc(-n3c4ccc(-c5ccc6c(c5)c5ccccc5n6-c5cccc6c5sc5ccccc56)cc4c4ccc5ccccc5c43)cc2)cc1. The number of rotatable bonds is 4. The largest absolute Gasteiger partial charge is 0.309 e. The molecule has 0 spiro atoms. The molecule has 0 bridgehead atoms. The van der Waals surface area contributed by atoms with Crippen LogP contribution in [0.1, 0.15) is 0 Å². The van der Waals surface area contributed by atoms with Crippen LogP contribution in [0.15, 0.2) is 194 Å². The first-order valence-electron chi connectivity index (χ1n) is 18.8. The fraction of sp³-hybridized carbons (Fsp3) is 0. The molecule has 0 N–H and O–H groups in total. The van der Waals surface area contributed by atoms with Crippen molar-refractivity contribution in [1.29, 1.82) is 0 Å². The molecule has 3 heterocycles. The maximum absolute atomic E-state index is 2.47. The molecule has 12 aromatic rings. The Bertz CT molecular complexity index is 3470. The lowest BCUT2D eigenvalue weighted by atomic mass is 10.00. The Labute approximate surface area is 321 Å². The number of hydrogen-bond acceptors (Lipinski definition) is 1. The highest BCUT2D eigenvalue weighted by molar-refractivity contribution is 7.26. The molecule has 3 heteroatoms. The van der Waals surface area contributed by atoms with Crippen LogP contribution in [0.2, 0.25) is 0 Å². The van der Waals surface area contributed by atoms with E-state index >= 15 is 0 Å². The van der Waals surface area contributed by atoms with E-state index in [1.54, 1.807) is 0 Å². The minimum absolute atomic E-state index is 1.16. The van der Waals surface area contributed by atoms with Crippen molar-refractivity contribution in [2.75, 3.05) is 0 Å². The highest BCUT2D eigenvalue weighted by Crippen LogP contribution is 2.43. The van der Waals surface area contributed by atoms with Crippen LogP contribution in [-0.4, -0.2) is 9.13 Å². The Morgan fingerprint density at radius 2 is 0.927 bits per heavy atom. The predicted molar refractivity (Wildman–Crippen MR) is 236 cm³/mol. The number of thiophene rings is 1. The van der Waals surface area contributed by atoms with Crippen LogP contribution in [0.25, 0.3) is 108 Å². The van der Waals surface area contributed by atoms with Gasteiger partial charge in [-0.3, -0.25) is 0 Å². The van der Waals surface area contributed by atoms with Crippen LogP contribution in [0.3, 0.4) is 0 Å².